The molecule has 2 heterocycles. The summed E-state index contributed by atoms with van der Waals surface area (Å²) in [5.74, 6) is 3.64. The number of nitrogens with one attached hydrogen (secondary N) is 2. The molecule has 0 saturated heterocycles. The first kappa shape index (κ1) is 16.8. The van der Waals surface area contributed by atoms with Gasteiger partial charge in [-0.25, -0.2) is 14.5 Å². The van der Waals surface area contributed by atoms with Crippen LogP contribution in [0.25, 0.3) is 0 Å². The fourth-order valence-electron chi connectivity index (χ4n) is 2.89. The van der Waals surface area contributed by atoms with E-state index in [1.807, 2.05) is 41.6 Å². The van der Waals surface area contributed by atoms with Crippen LogP contribution in [0.2, 0.25) is 0 Å². The van der Waals surface area contributed by atoms with Gasteiger partial charge in [-0.15, -0.1) is 0 Å². The van der Waals surface area contributed by atoms with Gasteiger partial charge in [0.05, 0.1) is 6.04 Å². The number of carbonyl (C=O) groups excluding carboxylic acids is 1. The SMILES string of the molecule is CCSCc1cccc(NC(=O)NC2CCCn3nc(C)nc32)c1. The smallest absolute Gasteiger partial charge is 0.319 e. The van der Waals surface area contributed by atoms with Gasteiger partial charge in [-0.2, -0.15) is 16.9 Å². The average Bonchev–Trinajstić information content (AvgIpc) is 2.94. The lowest BCUT2D eigenvalue weighted by atomic mass is 10.1. The first-order chi connectivity index (χ1) is 11.7. The zero-order chi connectivity index (χ0) is 16.9. The standard InChI is InChI=1S/C17H23N5OS/c1-3-24-11-13-6-4-7-14(10-13)19-17(23)20-15-8-5-9-22-16(15)18-12(2)21-22/h4,6-7,10,15H,3,5,8-9,11H2,1-2H3,(H2,19,20,23). The van der Waals surface area contributed by atoms with Crippen molar-refractivity contribution in [2.45, 2.75) is 45.0 Å². The maximum absolute atomic E-state index is 12.3. The van der Waals surface area contributed by atoms with Crippen molar-refractivity contribution in [2.75, 3.05) is 11.1 Å². The first-order valence-corrected chi connectivity index (χ1v) is 9.46. The van der Waals surface area contributed by atoms with Gasteiger partial charge >= 0.3 is 6.03 Å². The van der Waals surface area contributed by atoms with E-state index in [0.29, 0.717) is 0 Å². The molecule has 2 N–H and O–H groups in total. The van der Waals surface area contributed by atoms with Crippen molar-refractivity contribution in [3.63, 3.8) is 0 Å². The molecule has 3 rings (SSSR count). The highest BCUT2D eigenvalue weighted by atomic mass is 32.2. The Bertz CT molecular complexity index is 715. The highest BCUT2D eigenvalue weighted by molar-refractivity contribution is 7.98. The lowest BCUT2D eigenvalue weighted by molar-refractivity contribution is 0.244. The molecule has 1 atom stereocenters. The van der Waals surface area contributed by atoms with Gasteiger partial charge in [0.25, 0.3) is 0 Å². The van der Waals surface area contributed by atoms with E-state index >= 15 is 0 Å². The van der Waals surface area contributed by atoms with E-state index in [0.717, 1.165) is 48.2 Å². The van der Waals surface area contributed by atoms with E-state index in [9.17, 15) is 4.79 Å². The molecule has 0 spiro atoms. The van der Waals surface area contributed by atoms with Gasteiger partial charge in [0.2, 0.25) is 0 Å². The quantitative estimate of drug-likeness (QED) is 0.870. The minimum Gasteiger partial charge on any atom is -0.328 e. The van der Waals surface area contributed by atoms with Gasteiger partial charge in [-0.05, 0) is 43.2 Å². The van der Waals surface area contributed by atoms with Crippen molar-refractivity contribution in [3.05, 3.63) is 41.5 Å². The molecule has 1 aromatic heterocycles. The van der Waals surface area contributed by atoms with Gasteiger partial charge in [0.1, 0.15) is 11.6 Å². The van der Waals surface area contributed by atoms with Crippen LogP contribution in [0.3, 0.4) is 0 Å². The molecule has 2 amide bonds. The topological polar surface area (TPSA) is 71.8 Å². The van der Waals surface area contributed by atoms with E-state index in [2.05, 4.69) is 33.7 Å². The fourth-order valence-corrected chi connectivity index (χ4v) is 3.51. The second-order valence-corrected chi connectivity index (χ2v) is 7.15. The zero-order valence-electron chi connectivity index (χ0n) is 14.1. The van der Waals surface area contributed by atoms with Crippen molar-refractivity contribution in [1.29, 1.82) is 0 Å². The Labute approximate surface area is 146 Å². The fraction of sp³-hybridized carbons (Fsp3) is 0.471. The maximum atomic E-state index is 12.3. The second-order valence-electron chi connectivity index (χ2n) is 5.87. The third kappa shape index (κ3) is 4.08. The number of urea groups is 1. The van der Waals surface area contributed by atoms with Crippen LogP contribution in [-0.4, -0.2) is 26.5 Å². The second kappa shape index (κ2) is 7.70. The Morgan fingerprint density at radius 2 is 2.33 bits per heavy atom. The van der Waals surface area contributed by atoms with Crippen LogP contribution in [0, 0.1) is 6.92 Å². The molecule has 0 bridgehead atoms. The van der Waals surface area contributed by atoms with Gasteiger partial charge in [0.15, 0.2) is 0 Å². The van der Waals surface area contributed by atoms with Crippen LogP contribution in [0.5, 0.6) is 0 Å². The Morgan fingerprint density at radius 1 is 1.46 bits per heavy atom. The third-order valence-corrected chi connectivity index (χ3v) is 4.89. The molecule has 0 radical (unpaired) electrons. The van der Waals surface area contributed by atoms with E-state index in [4.69, 9.17) is 0 Å². The first-order valence-electron chi connectivity index (χ1n) is 8.31. The molecule has 1 aliphatic heterocycles. The lowest BCUT2D eigenvalue weighted by Gasteiger charge is -2.23. The molecule has 1 aromatic carbocycles. The highest BCUT2D eigenvalue weighted by Crippen LogP contribution is 2.23. The average molecular weight is 345 g/mol. The van der Waals surface area contributed by atoms with Crippen LogP contribution in [0.15, 0.2) is 24.3 Å². The molecule has 2 aromatic rings. The number of nitrogens with zero attached hydrogens (tertiary/aromatic N) is 3. The molecule has 0 saturated carbocycles. The van der Waals surface area contributed by atoms with Gasteiger partial charge < -0.3 is 10.6 Å². The number of carbonyl (C=O) groups is 1. The summed E-state index contributed by atoms with van der Waals surface area (Å²) in [6.07, 6.45) is 1.88. The van der Waals surface area contributed by atoms with Gasteiger partial charge in [-0.1, -0.05) is 19.1 Å². The molecular weight excluding hydrogens is 322 g/mol. The number of thioether (sulfide) groups is 1. The van der Waals surface area contributed by atoms with Crippen molar-refractivity contribution < 1.29 is 4.79 Å². The summed E-state index contributed by atoms with van der Waals surface area (Å²) in [5.41, 5.74) is 2.03. The normalized spacial score (nSPS) is 16.5. The number of benzene rings is 1. The summed E-state index contributed by atoms with van der Waals surface area (Å²) in [4.78, 5) is 16.8. The van der Waals surface area contributed by atoms with Crippen molar-refractivity contribution in [3.8, 4) is 0 Å². The summed E-state index contributed by atoms with van der Waals surface area (Å²) in [6.45, 7) is 4.89. The minimum atomic E-state index is -0.200. The molecule has 7 heteroatoms. The van der Waals surface area contributed by atoms with Crippen LogP contribution in [0.1, 0.15) is 43.0 Å². The molecule has 128 valence electrons. The number of amides is 2. The number of aryl methyl sites for hydroxylation is 2. The van der Waals surface area contributed by atoms with Crippen LogP contribution in [-0.2, 0) is 12.3 Å². The molecule has 1 aliphatic rings. The number of hydrogen-bond acceptors (Lipinski definition) is 4. The zero-order valence-corrected chi connectivity index (χ0v) is 14.9. The molecule has 6 nitrogen and oxygen atoms in total. The predicted octanol–water partition coefficient (Wildman–Crippen LogP) is 3.50. The summed E-state index contributed by atoms with van der Waals surface area (Å²) < 4.78 is 1.90. The molecule has 0 fully saturated rings. The molecule has 1 unspecified atom stereocenters. The number of fused-ring (bicyclic) bond motifs is 1. The minimum absolute atomic E-state index is 0.0845. The van der Waals surface area contributed by atoms with Crippen LogP contribution < -0.4 is 10.6 Å². The summed E-state index contributed by atoms with van der Waals surface area (Å²) >= 11 is 1.87. The Balaban J connectivity index is 1.62. The monoisotopic (exact) mass is 345 g/mol. The van der Waals surface area contributed by atoms with Crippen molar-refractivity contribution in [2.24, 2.45) is 0 Å². The Morgan fingerprint density at radius 3 is 3.17 bits per heavy atom. The van der Waals surface area contributed by atoms with Crippen LogP contribution >= 0.6 is 11.8 Å². The number of rotatable bonds is 5. The Kier molecular flexibility index (Phi) is 5.40. The van der Waals surface area contributed by atoms with E-state index < -0.39 is 0 Å². The summed E-state index contributed by atoms with van der Waals surface area (Å²) in [6, 6.07) is 7.70. The Hall–Kier alpha value is -2.02. The van der Waals surface area contributed by atoms with Crippen LogP contribution in [0.4, 0.5) is 10.5 Å². The number of anilines is 1. The van der Waals surface area contributed by atoms with Gasteiger partial charge in [0, 0.05) is 18.0 Å². The van der Waals surface area contributed by atoms with Crippen molar-refractivity contribution in [1.82, 2.24) is 20.1 Å². The van der Waals surface area contributed by atoms with E-state index in [-0.39, 0.29) is 12.1 Å². The highest BCUT2D eigenvalue weighted by Gasteiger charge is 2.24. The van der Waals surface area contributed by atoms with E-state index in [1.54, 1.807) is 0 Å². The van der Waals surface area contributed by atoms with Crippen molar-refractivity contribution >= 4 is 23.5 Å². The third-order valence-electron chi connectivity index (χ3n) is 3.94. The number of hydrogen-bond donors (Lipinski definition) is 2. The largest absolute Gasteiger partial charge is 0.328 e. The summed E-state index contributed by atoms with van der Waals surface area (Å²) in [7, 11) is 0. The number of aromatic nitrogens is 3. The van der Waals surface area contributed by atoms with E-state index in [1.165, 1.54) is 5.56 Å². The maximum Gasteiger partial charge on any atom is 0.319 e. The predicted molar refractivity (Wildman–Crippen MR) is 97.2 cm³/mol. The summed E-state index contributed by atoms with van der Waals surface area (Å²) in [5, 5.41) is 10.3. The molecular formula is C17H23N5OS. The van der Waals surface area contributed by atoms with Gasteiger partial charge in [-0.3, -0.25) is 0 Å². The molecule has 0 aliphatic carbocycles. The lowest BCUT2D eigenvalue weighted by Crippen LogP contribution is -2.36. The molecule has 24 heavy (non-hydrogen) atoms.